The van der Waals surface area contributed by atoms with Crippen LogP contribution >= 0.6 is 0 Å². The van der Waals surface area contributed by atoms with Gasteiger partial charge >= 0.3 is 0 Å². The van der Waals surface area contributed by atoms with Gasteiger partial charge in [-0.1, -0.05) is 61.9 Å². The molecule has 0 saturated carbocycles. The number of nitrogens with one attached hydrogen (secondary N) is 1. The second kappa shape index (κ2) is 8.64. The monoisotopic (exact) mass is 361 g/mol. The van der Waals surface area contributed by atoms with E-state index in [2.05, 4.69) is 40.7 Å². The van der Waals surface area contributed by atoms with E-state index in [1.165, 1.54) is 5.56 Å². The molecule has 0 radical (unpaired) electrons. The largest absolute Gasteiger partial charge is 0.384 e. The van der Waals surface area contributed by atoms with Gasteiger partial charge in [0.2, 0.25) is 0 Å². The zero-order chi connectivity index (χ0) is 19.2. The third-order valence-corrected chi connectivity index (χ3v) is 4.81. The Labute approximate surface area is 160 Å². The fraction of sp³-hybridized carbons (Fsp3) is 0.273. The van der Waals surface area contributed by atoms with E-state index in [9.17, 15) is 0 Å². The topological polar surface area (TPSA) is 93.7 Å². The van der Waals surface area contributed by atoms with Crippen LogP contribution in [0.4, 0.5) is 0 Å². The molecule has 1 aromatic heterocycles. The molecule has 0 fully saturated rings. The SMILES string of the molecule is CCCCc1ncc(CN)n1Cc1ccc(-c2ccccc2C(=N)N)cc1. The smallest absolute Gasteiger partial charge is 0.123 e. The standard InChI is InChI=1S/C22H27N5/c1-2-3-8-21-26-14-18(13-23)27(21)15-16-9-11-17(12-10-16)19-6-4-5-7-20(19)22(24)25/h4-7,9-12,14H,2-3,8,13,15,23H2,1H3,(H3,24,25). The molecule has 5 N–H and O–H groups in total. The molecular weight excluding hydrogens is 334 g/mol. The summed E-state index contributed by atoms with van der Waals surface area (Å²) in [4.78, 5) is 4.56. The first-order valence-corrected chi connectivity index (χ1v) is 9.40. The molecular formula is C22H27N5. The lowest BCUT2D eigenvalue weighted by molar-refractivity contribution is 0.655. The molecule has 5 nitrogen and oxygen atoms in total. The number of hydrogen-bond acceptors (Lipinski definition) is 3. The van der Waals surface area contributed by atoms with Gasteiger partial charge in [0.05, 0.1) is 5.69 Å². The molecule has 3 aromatic rings. The van der Waals surface area contributed by atoms with Crippen molar-refractivity contribution < 1.29 is 0 Å². The number of rotatable bonds is 8. The summed E-state index contributed by atoms with van der Waals surface area (Å²) in [5.41, 5.74) is 16.7. The molecule has 0 spiro atoms. The number of nitrogens with zero attached hydrogens (tertiary/aromatic N) is 2. The van der Waals surface area contributed by atoms with E-state index < -0.39 is 0 Å². The molecule has 0 amide bonds. The fourth-order valence-corrected chi connectivity index (χ4v) is 3.29. The van der Waals surface area contributed by atoms with E-state index in [1.807, 2.05) is 30.5 Å². The van der Waals surface area contributed by atoms with E-state index in [-0.39, 0.29) is 5.84 Å². The van der Waals surface area contributed by atoms with Crippen LogP contribution in [-0.2, 0) is 19.5 Å². The lowest BCUT2D eigenvalue weighted by Gasteiger charge is -2.13. The van der Waals surface area contributed by atoms with Crippen molar-refractivity contribution >= 4 is 5.84 Å². The highest BCUT2D eigenvalue weighted by atomic mass is 15.1. The zero-order valence-corrected chi connectivity index (χ0v) is 15.8. The van der Waals surface area contributed by atoms with Crippen molar-refractivity contribution in [1.29, 1.82) is 5.41 Å². The van der Waals surface area contributed by atoms with Crippen LogP contribution < -0.4 is 11.5 Å². The number of aromatic nitrogens is 2. The maximum Gasteiger partial charge on any atom is 0.123 e. The molecule has 5 heteroatoms. The second-order valence-electron chi connectivity index (χ2n) is 6.72. The number of hydrogen-bond donors (Lipinski definition) is 3. The van der Waals surface area contributed by atoms with Gasteiger partial charge in [-0.25, -0.2) is 4.98 Å². The normalized spacial score (nSPS) is 10.9. The minimum absolute atomic E-state index is 0.0845. The molecule has 27 heavy (non-hydrogen) atoms. The minimum atomic E-state index is 0.0845. The lowest BCUT2D eigenvalue weighted by Crippen LogP contribution is -2.12. The fourth-order valence-electron chi connectivity index (χ4n) is 3.29. The van der Waals surface area contributed by atoms with Gasteiger partial charge in [0, 0.05) is 31.3 Å². The van der Waals surface area contributed by atoms with Crippen molar-refractivity contribution in [3.05, 3.63) is 77.4 Å². The molecule has 140 valence electrons. The van der Waals surface area contributed by atoms with Crippen LogP contribution in [0.25, 0.3) is 11.1 Å². The van der Waals surface area contributed by atoms with Gasteiger partial charge in [-0.3, -0.25) is 5.41 Å². The van der Waals surface area contributed by atoms with Crippen LogP contribution in [0.15, 0.2) is 54.7 Å². The molecule has 0 aliphatic rings. The molecule has 0 atom stereocenters. The summed E-state index contributed by atoms with van der Waals surface area (Å²) < 4.78 is 2.23. The Bertz CT molecular complexity index is 909. The highest BCUT2D eigenvalue weighted by Gasteiger charge is 2.10. The highest BCUT2D eigenvalue weighted by Crippen LogP contribution is 2.24. The van der Waals surface area contributed by atoms with E-state index >= 15 is 0 Å². The van der Waals surface area contributed by atoms with Crippen LogP contribution in [0.5, 0.6) is 0 Å². The predicted molar refractivity (Wildman–Crippen MR) is 111 cm³/mol. The van der Waals surface area contributed by atoms with Gasteiger partial charge < -0.3 is 16.0 Å². The number of unbranched alkanes of at least 4 members (excludes halogenated alkanes) is 1. The molecule has 2 aromatic carbocycles. The summed E-state index contributed by atoms with van der Waals surface area (Å²) in [6.45, 7) is 3.44. The number of aryl methyl sites for hydroxylation is 1. The maximum absolute atomic E-state index is 7.78. The van der Waals surface area contributed by atoms with E-state index in [0.717, 1.165) is 54.0 Å². The first-order valence-electron chi connectivity index (χ1n) is 9.40. The average molecular weight is 361 g/mol. The number of nitrogens with two attached hydrogens (primary N) is 2. The van der Waals surface area contributed by atoms with Crippen molar-refractivity contribution in [2.24, 2.45) is 11.5 Å². The van der Waals surface area contributed by atoms with Gasteiger partial charge in [0.25, 0.3) is 0 Å². The third kappa shape index (κ3) is 4.26. The second-order valence-corrected chi connectivity index (χ2v) is 6.72. The predicted octanol–water partition coefficient (Wildman–Crippen LogP) is 3.68. The molecule has 3 rings (SSSR count). The summed E-state index contributed by atoms with van der Waals surface area (Å²) in [7, 11) is 0. The quantitative estimate of drug-likeness (QED) is 0.422. The Kier molecular flexibility index (Phi) is 6.04. The lowest BCUT2D eigenvalue weighted by atomic mass is 9.98. The number of amidine groups is 1. The van der Waals surface area contributed by atoms with Crippen LogP contribution in [0.1, 0.15) is 42.4 Å². The Hall–Kier alpha value is -2.92. The third-order valence-electron chi connectivity index (χ3n) is 4.81. The van der Waals surface area contributed by atoms with Crippen LogP contribution in [0.3, 0.4) is 0 Å². The highest BCUT2D eigenvalue weighted by molar-refractivity contribution is 6.01. The Morgan fingerprint density at radius 1 is 1.11 bits per heavy atom. The van der Waals surface area contributed by atoms with Gasteiger partial charge in [-0.2, -0.15) is 0 Å². The van der Waals surface area contributed by atoms with Crippen molar-refractivity contribution in [1.82, 2.24) is 9.55 Å². The van der Waals surface area contributed by atoms with E-state index in [1.54, 1.807) is 0 Å². The first-order chi connectivity index (χ1) is 13.1. The van der Waals surface area contributed by atoms with Crippen molar-refractivity contribution in [2.45, 2.75) is 39.3 Å². The Balaban J connectivity index is 1.85. The molecule has 1 heterocycles. The summed E-state index contributed by atoms with van der Waals surface area (Å²) >= 11 is 0. The van der Waals surface area contributed by atoms with Crippen molar-refractivity contribution in [3.63, 3.8) is 0 Å². The first kappa shape index (κ1) is 18.9. The van der Waals surface area contributed by atoms with Crippen molar-refractivity contribution in [3.8, 4) is 11.1 Å². The number of benzene rings is 2. The summed E-state index contributed by atoms with van der Waals surface area (Å²) in [6.07, 6.45) is 5.14. The summed E-state index contributed by atoms with van der Waals surface area (Å²) in [5, 5.41) is 7.78. The number of imidazole rings is 1. The van der Waals surface area contributed by atoms with Gasteiger partial charge in [-0.15, -0.1) is 0 Å². The summed E-state index contributed by atoms with van der Waals surface area (Å²) in [6, 6.07) is 16.2. The van der Waals surface area contributed by atoms with Crippen molar-refractivity contribution in [2.75, 3.05) is 0 Å². The Morgan fingerprint density at radius 3 is 2.52 bits per heavy atom. The molecule has 0 aliphatic heterocycles. The minimum Gasteiger partial charge on any atom is -0.384 e. The van der Waals surface area contributed by atoms with Crippen LogP contribution in [-0.4, -0.2) is 15.4 Å². The van der Waals surface area contributed by atoms with Gasteiger partial charge in [0.1, 0.15) is 11.7 Å². The van der Waals surface area contributed by atoms with E-state index in [4.69, 9.17) is 16.9 Å². The summed E-state index contributed by atoms with van der Waals surface area (Å²) in [5.74, 6) is 1.18. The van der Waals surface area contributed by atoms with Crippen LogP contribution in [0, 0.1) is 5.41 Å². The molecule has 0 unspecified atom stereocenters. The molecule has 0 saturated heterocycles. The number of nitrogen functional groups attached to an aromatic ring is 1. The average Bonchev–Trinajstić information content (AvgIpc) is 3.08. The van der Waals surface area contributed by atoms with Gasteiger partial charge in [-0.05, 0) is 23.1 Å². The molecule has 0 aliphatic carbocycles. The van der Waals surface area contributed by atoms with Gasteiger partial charge in [0.15, 0.2) is 0 Å². The van der Waals surface area contributed by atoms with Crippen LogP contribution in [0.2, 0.25) is 0 Å². The Morgan fingerprint density at radius 2 is 1.85 bits per heavy atom. The zero-order valence-electron chi connectivity index (χ0n) is 15.8. The van der Waals surface area contributed by atoms with E-state index in [0.29, 0.717) is 6.54 Å². The maximum atomic E-state index is 7.78. The molecule has 0 bridgehead atoms.